The fraction of sp³-hybridized carbons (Fsp3) is 0.800. The van der Waals surface area contributed by atoms with Crippen LogP contribution in [-0.4, -0.2) is 30.8 Å². The molecular formula is C5H9N5O. The van der Waals surface area contributed by atoms with Gasteiger partial charge in [-0.15, -0.1) is 0 Å². The highest BCUT2D eigenvalue weighted by Gasteiger charge is 2.01. The molecule has 1 unspecified atom stereocenters. The largest absolute Gasteiger partial charge is 0.394 e. The number of nitrogens with zero attached hydrogens (tertiary/aromatic N) is 4. The number of nitriles is 1. The second kappa shape index (κ2) is 6.83. The fourth-order valence-corrected chi connectivity index (χ4v) is 0.485. The molecule has 0 aromatic carbocycles. The number of hydrogen-bond donors (Lipinski definition) is 2. The summed E-state index contributed by atoms with van der Waals surface area (Å²) in [6.45, 7) is 0.463. The maximum Gasteiger partial charge on any atom is 0.119 e. The van der Waals surface area contributed by atoms with Crippen molar-refractivity contribution in [2.75, 3.05) is 19.7 Å². The van der Waals surface area contributed by atoms with E-state index >= 15 is 0 Å². The van der Waals surface area contributed by atoms with Crippen LogP contribution in [0.2, 0.25) is 0 Å². The van der Waals surface area contributed by atoms with Gasteiger partial charge in [0.25, 0.3) is 0 Å². The van der Waals surface area contributed by atoms with E-state index in [1.54, 1.807) is 0 Å². The first-order chi connectivity index (χ1) is 5.35. The van der Waals surface area contributed by atoms with Gasteiger partial charge in [0.1, 0.15) is 6.04 Å². The lowest BCUT2D eigenvalue weighted by atomic mass is 10.3. The van der Waals surface area contributed by atoms with Gasteiger partial charge in [0.05, 0.1) is 12.7 Å². The Balaban J connectivity index is 3.37. The number of hydrogen-bond acceptors (Lipinski definition) is 4. The predicted molar refractivity (Wildman–Crippen MR) is 38.5 cm³/mol. The first-order valence-corrected chi connectivity index (χ1v) is 3.10. The average molecular weight is 155 g/mol. The quantitative estimate of drug-likeness (QED) is 0.248. The third kappa shape index (κ3) is 5.18. The molecule has 0 amide bonds. The number of aliphatic hydroxyl groups excluding tert-OH is 1. The highest BCUT2D eigenvalue weighted by atomic mass is 16.3. The molecule has 0 radical (unpaired) electrons. The van der Waals surface area contributed by atoms with Crippen molar-refractivity contribution in [2.24, 2.45) is 5.11 Å². The number of aliphatic hydroxyl groups is 1. The minimum atomic E-state index is -0.566. The maximum absolute atomic E-state index is 8.49. The number of rotatable bonds is 5. The highest BCUT2D eigenvalue weighted by molar-refractivity contribution is 4.88. The summed E-state index contributed by atoms with van der Waals surface area (Å²) in [4.78, 5) is 2.52. The molecule has 0 aliphatic rings. The van der Waals surface area contributed by atoms with Crippen LogP contribution in [0.5, 0.6) is 0 Å². The van der Waals surface area contributed by atoms with Crippen LogP contribution < -0.4 is 5.32 Å². The lowest BCUT2D eigenvalue weighted by Gasteiger charge is -2.04. The number of azide groups is 1. The van der Waals surface area contributed by atoms with E-state index in [0.717, 1.165) is 0 Å². The van der Waals surface area contributed by atoms with Gasteiger partial charge in [-0.2, -0.15) is 5.26 Å². The standard InChI is InChI=1S/C5H9N5O/c6-3-5(4-11)8-1-2-9-10-7/h5,8,11H,1-2,4H2. The van der Waals surface area contributed by atoms with Gasteiger partial charge in [0.15, 0.2) is 0 Å². The van der Waals surface area contributed by atoms with Gasteiger partial charge >= 0.3 is 0 Å². The van der Waals surface area contributed by atoms with Gasteiger partial charge in [-0.05, 0) is 5.53 Å². The van der Waals surface area contributed by atoms with Crippen molar-refractivity contribution in [1.82, 2.24) is 5.32 Å². The lowest BCUT2D eigenvalue weighted by molar-refractivity contribution is 0.268. The summed E-state index contributed by atoms with van der Waals surface area (Å²) in [5, 5.41) is 22.7. The molecule has 0 heterocycles. The van der Waals surface area contributed by atoms with Crippen molar-refractivity contribution in [3.05, 3.63) is 10.4 Å². The molecule has 0 fully saturated rings. The Bertz CT molecular complexity index is 180. The summed E-state index contributed by atoms with van der Waals surface area (Å²) in [7, 11) is 0. The Morgan fingerprint density at radius 1 is 1.82 bits per heavy atom. The van der Waals surface area contributed by atoms with Crippen LogP contribution in [0.4, 0.5) is 0 Å². The Morgan fingerprint density at radius 2 is 2.55 bits per heavy atom. The van der Waals surface area contributed by atoms with E-state index in [-0.39, 0.29) is 13.2 Å². The van der Waals surface area contributed by atoms with Gasteiger partial charge in [-0.25, -0.2) is 0 Å². The van der Waals surface area contributed by atoms with E-state index in [2.05, 4.69) is 15.3 Å². The minimum Gasteiger partial charge on any atom is -0.394 e. The normalized spacial score (nSPS) is 11.3. The summed E-state index contributed by atoms with van der Waals surface area (Å²) in [6.07, 6.45) is 0. The Labute approximate surface area is 64.1 Å². The van der Waals surface area contributed by atoms with Gasteiger partial charge < -0.3 is 5.11 Å². The van der Waals surface area contributed by atoms with Crippen molar-refractivity contribution in [3.63, 3.8) is 0 Å². The molecule has 0 aromatic heterocycles. The SMILES string of the molecule is N#CC(CO)NCCN=[N+]=[N-]. The topological polar surface area (TPSA) is 105 Å². The van der Waals surface area contributed by atoms with Crippen molar-refractivity contribution < 1.29 is 5.11 Å². The molecule has 0 aliphatic carbocycles. The van der Waals surface area contributed by atoms with Gasteiger partial charge in [0.2, 0.25) is 0 Å². The summed E-state index contributed by atoms with van der Waals surface area (Å²) < 4.78 is 0. The van der Waals surface area contributed by atoms with E-state index in [1.807, 2.05) is 6.07 Å². The first kappa shape index (κ1) is 9.72. The minimum absolute atomic E-state index is 0.229. The summed E-state index contributed by atoms with van der Waals surface area (Å²) in [5.74, 6) is 0. The van der Waals surface area contributed by atoms with E-state index < -0.39 is 6.04 Å². The van der Waals surface area contributed by atoms with Crippen LogP contribution in [0.25, 0.3) is 10.4 Å². The first-order valence-electron chi connectivity index (χ1n) is 3.10. The molecule has 0 rings (SSSR count). The lowest BCUT2D eigenvalue weighted by Crippen LogP contribution is -2.32. The van der Waals surface area contributed by atoms with Gasteiger partial charge in [0, 0.05) is 18.0 Å². The van der Waals surface area contributed by atoms with Gasteiger partial charge in [-0.1, -0.05) is 5.11 Å². The molecule has 60 valence electrons. The molecule has 6 nitrogen and oxygen atoms in total. The maximum atomic E-state index is 8.49. The van der Waals surface area contributed by atoms with Crippen molar-refractivity contribution in [2.45, 2.75) is 6.04 Å². The van der Waals surface area contributed by atoms with Crippen molar-refractivity contribution in [1.29, 1.82) is 5.26 Å². The van der Waals surface area contributed by atoms with Crippen LogP contribution in [0.3, 0.4) is 0 Å². The molecule has 2 N–H and O–H groups in total. The monoisotopic (exact) mass is 155 g/mol. The van der Waals surface area contributed by atoms with Crippen LogP contribution in [0.15, 0.2) is 5.11 Å². The van der Waals surface area contributed by atoms with Gasteiger partial charge in [-0.3, -0.25) is 5.32 Å². The Hall–Kier alpha value is -1.28. The Kier molecular flexibility index (Phi) is 6.04. The third-order valence-electron chi connectivity index (χ3n) is 1.00. The molecule has 0 saturated carbocycles. The van der Waals surface area contributed by atoms with E-state index in [1.165, 1.54) is 0 Å². The highest BCUT2D eigenvalue weighted by Crippen LogP contribution is 1.77. The van der Waals surface area contributed by atoms with Crippen LogP contribution in [0, 0.1) is 11.3 Å². The predicted octanol–water partition coefficient (Wildman–Crippen LogP) is -0.229. The molecule has 1 atom stereocenters. The van der Waals surface area contributed by atoms with E-state index in [0.29, 0.717) is 6.54 Å². The summed E-state index contributed by atoms with van der Waals surface area (Å²) in [6, 6.07) is 1.27. The zero-order valence-corrected chi connectivity index (χ0v) is 5.93. The second-order valence-corrected chi connectivity index (χ2v) is 1.77. The molecule has 0 aromatic rings. The zero-order chi connectivity index (χ0) is 8.53. The van der Waals surface area contributed by atoms with Crippen LogP contribution >= 0.6 is 0 Å². The van der Waals surface area contributed by atoms with E-state index in [9.17, 15) is 0 Å². The number of nitrogens with one attached hydrogen (secondary N) is 1. The molecular weight excluding hydrogens is 146 g/mol. The smallest absolute Gasteiger partial charge is 0.119 e. The molecule has 6 heteroatoms. The molecule has 0 saturated heterocycles. The van der Waals surface area contributed by atoms with Crippen molar-refractivity contribution in [3.8, 4) is 6.07 Å². The molecule has 11 heavy (non-hydrogen) atoms. The summed E-state index contributed by atoms with van der Waals surface area (Å²) in [5.41, 5.74) is 7.86. The third-order valence-corrected chi connectivity index (χ3v) is 1.00. The molecule has 0 bridgehead atoms. The van der Waals surface area contributed by atoms with Crippen molar-refractivity contribution >= 4 is 0 Å². The van der Waals surface area contributed by atoms with Crippen LogP contribution in [0.1, 0.15) is 0 Å². The average Bonchev–Trinajstić information content (AvgIpc) is 2.05. The molecule has 0 aliphatic heterocycles. The molecule has 0 spiro atoms. The second-order valence-electron chi connectivity index (χ2n) is 1.77. The Morgan fingerprint density at radius 3 is 3.00 bits per heavy atom. The summed E-state index contributed by atoms with van der Waals surface area (Å²) >= 11 is 0. The fourth-order valence-electron chi connectivity index (χ4n) is 0.485. The van der Waals surface area contributed by atoms with Crippen LogP contribution in [-0.2, 0) is 0 Å². The zero-order valence-electron chi connectivity index (χ0n) is 5.93. The van der Waals surface area contributed by atoms with E-state index in [4.69, 9.17) is 15.9 Å².